The maximum absolute atomic E-state index is 12.6. The van der Waals surface area contributed by atoms with Gasteiger partial charge in [-0.25, -0.2) is 4.57 Å². The standard InChI is InChI=1S/C47H78NO8P/c1-3-5-7-9-11-13-15-17-19-21-22-24-26-28-30-32-34-36-38-40-47(50)56-45(44-55-57(51,52)54-42-41-48)43-53-46(49)39-37-35-33-31-29-27-25-23-20-18-16-14-12-10-8-6-4-2/h5,7,11-14,17-20,22,24-25,27-28,30,45H,3-4,6,8-10,15-16,21,23,26,29,31-44,48H2,1-2H3,(H,51,52)/b7-5+,13-11+,14-12+,19-17+,20-18+,24-22+,27-25+,30-28+/t45-/m1/s1. The van der Waals surface area contributed by atoms with Crippen LogP contribution in [0.15, 0.2) is 97.2 Å². The van der Waals surface area contributed by atoms with Crippen molar-refractivity contribution in [3.8, 4) is 0 Å². The van der Waals surface area contributed by atoms with Crippen molar-refractivity contribution in [2.24, 2.45) is 5.73 Å². The van der Waals surface area contributed by atoms with Gasteiger partial charge in [0.25, 0.3) is 0 Å². The number of phosphoric ester groups is 1. The Balaban J connectivity index is 4.29. The summed E-state index contributed by atoms with van der Waals surface area (Å²) in [5.41, 5.74) is 5.34. The Hall–Kier alpha value is -3.07. The summed E-state index contributed by atoms with van der Waals surface area (Å²) >= 11 is 0. The lowest BCUT2D eigenvalue weighted by atomic mass is 10.1. The number of hydrogen-bond acceptors (Lipinski definition) is 8. The van der Waals surface area contributed by atoms with Crippen LogP contribution >= 0.6 is 7.82 Å². The summed E-state index contributed by atoms with van der Waals surface area (Å²) in [4.78, 5) is 34.9. The summed E-state index contributed by atoms with van der Waals surface area (Å²) < 4.78 is 32.7. The number of hydrogen-bond donors (Lipinski definition) is 2. The third-order valence-electron chi connectivity index (χ3n) is 8.45. The van der Waals surface area contributed by atoms with Gasteiger partial charge in [-0.3, -0.25) is 18.6 Å². The third kappa shape index (κ3) is 42.4. The third-order valence-corrected chi connectivity index (χ3v) is 9.44. The van der Waals surface area contributed by atoms with Crippen LogP contribution < -0.4 is 5.73 Å². The summed E-state index contributed by atoms with van der Waals surface area (Å²) in [7, 11) is -4.40. The molecule has 57 heavy (non-hydrogen) atoms. The average molecular weight is 816 g/mol. The van der Waals surface area contributed by atoms with Crippen LogP contribution in [-0.4, -0.2) is 49.3 Å². The van der Waals surface area contributed by atoms with E-state index in [0.29, 0.717) is 12.8 Å². The Morgan fingerprint density at radius 3 is 1.44 bits per heavy atom. The Morgan fingerprint density at radius 2 is 0.965 bits per heavy atom. The number of esters is 2. The summed E-state index contributed by atoms with van der Waals surface area (Å²) in [5.74, 6) is -0.902. The van der Waals surface area contributed by atoms with E-state index in [1.54, 1.807) is 0 Å². The van der Waals surface area contributed by atoms with E-state index in [9.17, 15) is 19.0 Å². The Bertz CT molecular complexity index is 1250. The fraction of sp³-hybridized carbons (Fsp3) is 0.617. The van der Waals surface area contributed by atoms with Gasteiger partial charge in [-0.2, -0.15) is 0 Å². The zero-order valence-corrected chi connectivity index (χ0v) is 36.4. The minimum Gasteiger partial charge on any atom is -0.462 e. The molecule has 0 heterocycles. The van der Waals surface area contributed by atoms with E-state index in [1.165, 1.54) is 25.7 Å². The molecule has 0 aliphatic carbocycles. The van der Waals surface area contributed by atoms with Crippen LogP contribution in [0.5, 0.6) is 0 Å². The molecule has 0 aliphatic heterocycles. The highest BCUT2D eigenvalue weighted by atomic mass is 31.2. The number of rotatable bonds is 39. The van der Waals surface area contributed by atoms with Crippen molar-refractivity contribution in [1.82, 2.24) is 0 Å². The van der Waals surface area contributed by atoms with Crippen LogP contribution in [0.3, 0.4) is 0 Å². The van der Waals surface area contributed by atoms with Crippen molar-refractivity contribution >= 4 is 19.8 Å². The molecule has 0 bridgehead atoms. The molecule has 10 heteroatoms. The van der Waals surface area contributed by atoms with Gasteiger partial charge in [0.2, 0.25) is 0 Å². The topological polar surface area (TPSA) is 134 Å². The second-order valence-corrected chi connectivity index (χ2v) is 15.3. The Kier molecular flexibility index (Phi) is 40.2. The summed E-state index contributed by atoms with van der Waals surface area (Å²) in [6, 6.07) is 0. The largest absolute Gasteiger partial charge is 0.472 e. The van der Waals surface area contributed by atoms with Gasteiger partial charge in [-0.15, -0.1) is 0 Å². The lowest BCUT2D eigenvalue weighted by Gasteiger charge is -2.19. The maximum Gasteiger partial charge on any atom is 0.472 e. The molecule has 0 aromatic heterocycles. The molecule has 324 valence electrons. The van der Waals surface area contributed by atoms with E-state index in [1.807, 2.05) is 0 Å². The van der Waals surface area contributed by atoms with E-state index >= 15 is 0 Å². The Labute approximate surface area is 346 Å². The molecule has 3 N–H and O–H groups in total. The van der Waals surface area contributed by atoms with Gasteiger partial charge in [0, 0.05) is 19.4 Å². The SMILES string of the molecule is CC/C=C/C/C=C/C/C=C/C/C=C/C/C=C/CCCCCC(=O)O[C@H](COC(=O)CCCCCC/C=C/C/C=C/C/C=C/CCCCC)COP(=O)(O)OCCN. The highest BCUT2D eigenvalue weighted by Gasteiger charge is 2.25. The van der Waals surface area contributed by atoms with Crippen molar-refractivity contribution in [1.29, 1.82) is 0 Å². The second kappa shape index (κ2) is 42.5. The molecule has 0 fully saturated rings. The van der Waals surface area contributed by atoms with Crippen LogP contribution in [0.4, 0.5) is 0 Å². The zero-order valence-electron chi connectivity index (χ0n) is 35.5. The van der Waals surface area contributed by atoms with Gasteiger partial charge in [0.05, 0.1) is 13.2 Å². The molecule has 0 aliphatic rings. The van der Waals surface area contributed by atoms with E-state index < -0.39 is 32.5 Å². The van der Waals surface area contributed by atoms with Crippen molar-refractivity contribution < 1.29 is 37.6 Å². The molecule has 0 aromatic carbocycles. The first-order valence-corrected chi connectivity index (χ1v) is 23.2. The average Bonchev–Trinajstić information content (AvgIpc) is 3.20. The maximum atomic E-state index is 12.6. The monoisotopic (exact) mass is 816 g/mol. The molecule has 0 aromatic rings. The van der Waals surface area contributed by atoms with Gasteiger partial charge < -0.3 is 20.1 Å². The van der Waals surface area contributed by atoms with Gasteiger partial charge in [-0.1, -0.05) is 143 Å². The van der Waals surface area contributed by atoms with Gasteiger partial charge in [-0.05, 0) is 96.3 Å². The number of carbonyl (C=O) groups is 2. The number of carbonyl (C=O) groups excluding carboxylic acids is 2. The second-order valence-electron chi connectivity index (χ2n) is 13.8. The van der Waals surface area contributed by atoms with E-state index in [0.717, 1.165) is 89.9 Å². The van der Waals surface area contributed by atoms with Gasteiger partial charge in [0.15, 0.2) is 6.10 Å². The first kappa shape index (κ1) is 53.9. The molecule has 1 unspecified atom stereocenters. The van der Waals surface area contributed by atoms with Crippen LogP contribution in [0.2, 0.25) is 0 Å². The van der Waals surface area contributed by atoms with Crippen molar-refractivity contribution in [2.45, 2.75) is 161 Å². The van der Waals surface area contributed by atoms with Crippen LogP contribution in [-0.2, 0) is 32.7 Å². The molecular weight excluding hydrogens is 737 g/mol. The van der Waals surface area contributed by atoms with Gasteiger partial charge in [0.1, 0.15) is 6.61 Å². The molecule has 0 radical (unpaired) electrons. The molecule has 0 spiro atoms. The summed E-state index contributed by atoms with van der Waals surface area (Å²) in [6.45, 7) is 3.50. The summed E-state index contributed by atoms with van der Waals surface area (Å²) in [5, 5.41) is 0. The molecule has 9 nitrogen and oxygen atoms in total. The molecule has 0 amide bonds. The van der Waals surface area contributed by atoms with E-state index in [2.05, 4.69) is 111 Å². The highest BCUT2D eigenvalue weighted by Crippen LogP contribution is 2.43. The van der Waals surface area contributed by atoms with Crippen molar-refractivity contribution in [2.75, 3.05) is 26.4 Å². The number of unbranched alkanes of at least 4 members (excludes halogenated alkanes) is 10. The van der Waals surface area contributed by atoms with Crippen LogP contribution in [0.25, 0.3) is 0 Å². The lowest BCUT2D eigenvalue weighted by molar-refractivity contribution is -0.161. The quantitative estimate of drug-likeness (QED) is 0.0269. The normalized spacial score (nSPS) is 14.2. The van der Waals surface area contributed by atoms with E-state index in [4.69, 9.17) is 24.3 Å². The molecule has 0 saturated carbocycles. The predicted octanol–water partition coefficient (Wildman–Crippen LogP) is 12.6. The van der Waals surface area contributed by atoms with Crippen LogP contribution in [0, 0.1) is 0 Å². The highest BCUT2D eigenvalue weighted by molar-refractivity contribution is 7.47. The first-order chi connectivity index (χ1) is 27.8. The predicted molar refractivity (Wildman–Crippen MR) is 238 cm³/mol. The fourth-order valence-corrected chi connectivity index (χ4v) is 6.02. The Morgan fingerprint density at radius 1 is 0.544 bits per heavy atom. The van der Waals surface area contributed by atoms with Crippen molar-refractivity contribution in [3.05, 3.63) is 97.2 Å². The number of allylic oxidation sites excluding steroid dienone is 16. The lowest BCUT2D eigenvalue weighted by Crippen LogP contribution is -2.29. The number of phosphoric acid groups is 1. The smallest absolute Gasteiger partial charge is 0.462 e. The number of nitrogens with two attached hydrogens (primary N) is 1. The number of ether oxygens (including phenoxy) is 2. The zero-order chi connectivity index (χ0) is 41.8. The molecule has 0 rings (SSSR count). The van der Waals surface area contributed by atoms with E-state index in [-0.39, 0.29) is 32.6 Å². The molecular formula is C47H78NO8P. The minimum atomic E-state index is -4.40. The fourth-order valence-electron chi connectivity index (χ4n) is 5.25. The summed E-state index contributed by atoms with van der Waals surface area (Å²) in [6.07, 6.45) is 54.3. The molecule has 0 saturated heterocycles. The minimum absolute atomic E-state index is 0.0386. The first-order valence-electron chi connectivity index (χ1n) is 21.7. The molecule has 2 atom stereocenters. The van der Waals surface area contributed by atoms with Crippen molar-refractivity contribution in [3.63, 3.8) is 0 Å². The van der Waals surface area contributed by atoms with Gasteiger partial charge >= 0.3 is 19.8 Å². The van der Waals surface area contributed by atoms with Crippen LogP contribution in [0.1, 0.15) is 155 Å².